The molecule has 0 aromatic rings. The Morgan fingerprint density at radius 3 is 2.44 bits per heavy atom. The lowest BCUT2D eigenvalue weighted by molar-refractivity contribution is -0.114. The van der Waals surface area contributed by atoms with Crippen LogP contribution in [-0.4, -0.2) is 5.78 Å². The highest BCUT2D eigenvalue weighted by molar-refractivity contribution is 5.89. The van der Waals surface area contributed by atoms with Crippen LogP contribution in [0, 0.1) is 5.92 Å². The van der Waals surface area contributed by atoms with E-state index in [-0.39, 0.29) is 0 Å². The molecule has 1 heteroatoms. The van der Waals surface area contributed by atoms with Crippen LogP contribution in [0.3, 0.4) is 0 Å². The number of ketones is 1. The van der Waals surface area contributed by atoms with E-state index in [1.165, 1.54) is 64.2 Å². The van der Waals surface area contributed by atoms with Crippen molar-refractivity contribution in [1.82, 2.24) is 0 Å². The van der Waals surface area contributed by atoms with Gasteiger partial charge in [0, 0.05) is 6.42 Å². The van der Waals surface area contributed by atoms with E-state index in [9.17, 15) is 4.79 Å². The van der Waals surface area contributed by atoms with Gasteiger partial charge in [0.2, 0.25) is 0 Å². The summed E-state index contributed by atoms with van der Waals surface area (Å²) in [5, 5.41) is 0. The number of carbonyl (C=O) groups excluding carboxylic acids is 1. The zero-order valence-corrected chi connectivity index (χ0v) is 12.1. The fraction of sp³-hybridized carbons (Fsp3) is 0.824. The third kappa shape index (κ3) is 7.68. The molecule has 0 N–H and O–H groups in total. The van der Waals surface area contributed by atoms with E-state index < -0.39 is 0 Å². The minimum absolute atomic E-state index is 0.327. The molecule has 0 spiro atoms. The third-order valence-corrected chi connectivity index (χ3v) is 3.98. The number of unbranched alkanes of at least 4 members (excludes halogenated alkanes) is 7. The first-order valence-corrected chi connectivity index (χ1v) is 8.04. The molecule has 0 saturated carbocycles. The Hall–Kier alpha value is -0.590. The summed E-state index contributed by atoms with van der Waals surface area (Å²) in [6.45, 7) is 2.27. The maximum absolute atomic E-state index is 11.2. The topological polar surface area (TPSA) is 17.1 Å². The maximum Gasteiger partial charge on any atom is 0.155 e. The molecule has 1 nitrogen and oxygen atoms in total. The molecule has 0 radical (unpaired) electrons. The van der Waals surface area contributed by atoms with Gasteiger partial charge in [0.1, 0.15) is 0 Å². The van der Waals surface area contributed by atoms with E-state index in [0.29, 0.717) is 11.7 Å². The zero-order valence-electron chi connectivity index (χ0n) is 12.1. The molecule has 1 unspecified atom stereocenters. The van der Waals surface area contributed by atoms with Crippen LogP contribution in [0.4, 0.5) is 0 Å². The fourth-order valence-corrected chi connectivity index (χ4v) is 2.74. The predicted octanol–water partition coefficient (Wildman–Crippen LogP) is 5.44. The van der Waals surface area contributed by atoms with Gasteiger partial charge in [0.05, 0.1) is 0 Å². The summed E-state index contributed by atoms with van der Waals surface area (Å²) in [6.07, 6.45) is 19.5. The molecule has 0 amide bonds. The van der Waals surface area contributed by atoms with Crippen molar-refractivity contribution in [3.8, 4) is 0 Å². The van der Waals surface area contributed by atoms with Crippen LogP contribution in [0.25, 0.3) is 0 Å². The first-order valence-electron chi connectivity index (χ1n) is 8.04. The van der Waals surface area contributed by atoms with Crippen LogP contribution < -0.4 is 0 Å². The third-order valence-electron chi connectivity index (χ3n) is 3.98. The number of carbonyl (C=O) groups is 1. The Kier molecular flexibility index (Phi) is 8.89. The molecule has 0 saturated heterocycles. The van der Waals surface area contributed by atoms with Crippen LogP contribution >= 0.6 is 0 Å². The van der Waals surface area contributed by atoms with Gasteiger partial charge >= 0.3 is 0 Å². The van der Waals surface area contributed by atoms with Gasteiger partial charge in [-0.3, -0.25) is 4.79 Å². The fourth-order valence-electron chi connectivity index (χ4n) is 2.74. The van der Waals surface area contributed by atoms with Crippen molar-refractivity contribution < 1.29 is 4.79 Å². The Bertz CT molecular complexity index is 242. The molecule has 0 bridgehead atoms. The molecule has 0 heterocycles. The lowest BCUT2D eigenvalue weighted by Gasteiger charge is -2.10. The first-order chi connectivity index (χ1) is 8.83. The average molecular weight is 250 g/mol. The second-order valence-corrected chi connectivity index (χ2v) is 5.74. The molecular formula is C17H30O. The molecule has 0 aromatic heterocycles. The van der Waals surface area contributed by atoms with Gasteiger partial charge in [-0.05, 0) is 31.3 Å². The van der Waals surface area contributed by atoms with Crippen molar-refractivity contribution in [3.05, 3.63) is 12.2 Å². The normalized spacial score (nSPS) is 20.1. The van der Waals surface area contributed by atoms with Crippen LogP contribution in [0.1, 0.15) is 84.0 Å². The zero-order chi connectivity index (χ0) is 13.1. The Labute approximate surface area is 113 Å². The molecular weight excluding hydrogens is 220 g/mol. The van der Waals surface area contributed by atoms with E-state index >= 15 is 0 Å². The molecule has 1 aliphatic rings. The maximum atomic E-state index is 11.2. The lowest BCUT2D eigenvalue weighted by atomic mass is 9.96. The highest BCUT2D eigenvalue weighted by Crippen LogP contribution is 2.21. The molecule has 0 fully saturated rings. The highest BCUT2D eigenvalue weighted by atomic mass is 16.1. The molecule has 1 atom stereocenters. The van der Waals surface area contributed by atoms with Crippen LogP contribution in [0.2, 0.25) is 0 Å². The number of rotatable bonds is 9. The second-order valence-electron chi connectivity index (χ2n) is 5.74. The van der Waals surface area contributed by atoms with Crippen LogP contribution in [-0.2, 0) is 4.79 Å². The number of hydrogen-bond acceptors (Lipinski definition) is 1. The van der Waals surface area contributed by atoms with E-state index in [2.05, 4.69) is 13.0 Å². The highest BCUT2D eigenvalue weighted by Gasteiger charge is 2.10. The minimum atomic E-state index is 0.327. The van der Waals surface area contributed by atoms with Crippen LogP contribution in [0.5, 0.6) is 0 Å². The summed E-state index contributed by atoms with van der Waals surface area (Å²) in [5.41, 5.74) is 0. The van der Waals surface area contributed by atoms with Gasteiger partial charge in [-0.25, -0.2) is 0 Å². The molecule has 0 aliphatic heterocycles. The van der Waals surface area contributed by atoms with E-state index in [1.54, 1.807) is 0 Å². The van der Waals surface area contributed by atoms with E-state index in [4.69, 9.17) is 0 Å². The standard InChI is InChI=1S/C17H30O/c1-2-3-4-5-6-7-8-9-11-16-12-10-13-17(18)15-14-16/h14-16H,2-13H2,1H3. The summed E-state index contributed by atoms with van der Waals surface area (Å²) in [7, 11) is 0. The molecule has 1 rings (SSSR count). The molecule has 104 valence electrons. The molecule has 0 aromatic carbocycles. The van der Waals surface area contributed by atoms with Gasteiger partial charge in [-0.2, -0.15) is 0 Å². The molecule has 1 aliphatic carbocycles. The first kappa shape index (κ1) is 15.5. The van der Waals surface area contributed by atoms with E-state index in [1.807, 2.05) is 6.08 Å². The Balaban J connectivity index is 1.94. The summed E-state index contributed by atoms with van der Waals surface area (Å²) < 4.78 is 0. The smallest absolute Gasteiger partial charge is 0.155 e. The predicted molar refractivity (Wildman–Crippen MR) is 78.7 cm³/mol. The Morgan fingerprint density at radius 2 is 1.72 bits per heavy atom. The van der Waals surface area contributed by atoms with Crippen LogP contribution in [0.15, 0.2) is 12.2 Å². The Morgan fingerprint density at radius 1 is 1.06 bits per heavy atom. The summed E-state index contributed by atoms with van der Waals surface area (Å²) in [6, 6.07) is 0. The van der Waals surface area contributed by atoms with Crippen molar-refractivity contribution in [2.24, 2.45) is 5.92 Å². The number of allylic oxidation sites excluding steroid dienone is 2. The minimum Gasteiger partial charge on any atom is -0.295 e. The van der Waals surface area contributed by atoms with Gasteiger partial charge < -0.3 is 0 Å². The molecule has 18 heavy (non-hydrogen) atoms. The largest absolute Gasteiger partial charge is 0.295 e. The van der Waals surface area contributed by atoms with Gasteiger partial charge in [0.25, 0.3) is 0 Å². The quantitative estimate of drug-likeness (QED) is 0.498. The van der Waals surface area contributed by atoms with Gasteiger partial charge in [-0.1, -0.05) is 64.4 Å². The second kappa shape index (κ2) is 10.3. The van der Waals surface area contributed by atoms with Crippen molar-refractivity contribution in [3.63, 3.8) is 0 Å². The van der Waals surface area contributed by atoms with Crippen molar-refractivity contribution in [2.45, 2.75) is 84.0 Å². The average Bonchev–Trinajstić information content (AvgIpc) is 2.58. The van der Waals surface area contributed by atoms with Crippen molar-refractivity contribution in [2.75, 3.05) is 0 Å². The monoisotopic (exact) mass is 250 g/mol. The van der Waals surface area contributed by atoms with Gasteiger partial charge in [-0.15, -0.1) is 0 Å². The van der Waals surface area contributed by atoms with Gasteiger partial charge in [0.15, 0.2) is 5.78 Å². The SMILES string of the molecule is CCCCCCCCCCC1C=CC(=O)CCC1. The summed E-state index contributed by atoms with van der Waals surface area (Å²) in [5.74, 6) is 1.00. The van der Waals surface area contributed by atoms with Crippen molar-refractivity contribution in [1.29, 1.82) is 0 Å². The van der Waals surface area contributed by atoms with E-state index in [0.717, 1.165) is 12.8 Å². The van der Waals surface area contributed by atoms with Crippen molar-refractivity contribution >= 4 is 5.78 Å². The number of hydrogen-bond donors (Lipinski definition) is 0. The lowest BCUT2D eigenvalue weighted by Crippen LogP contribution is -1.95. The summed E-state index contributed by atoms with van der Waals surface area (Å²) in [4.78, 5) is 11.2. The summed E-state index contributed by atoms with van der Waals surface area (Å²) >= 11 is 0.